The normalized spacial score (nSPS) is 43.0. The Balaban J connectivity index is 2.12. The molecule has 0 aromatic heterocycles. The monoisotopic (exact) mass is 937 g/mol. The number of nitrogens with two attached hydrogens (primary N) is 1. The molecule has 0 radical (unpaired) electrons. The largest absolute Gasteiger partial charge is 0.459 e. The topological polar surface area (TPSA) is 224 Å². The van der Waals surface area contributed by atoms with Crippen LogP contribution in [0.3, 0.4) is 0 Å². The van der Waals surface area contributed by atoms with Crippen molar-refractivity contribution in [2.24, 2.45) is 23.5 Å². The van der Waals surface area contributed by atoms with Crippen molar-refractivity contribution in [2.45, 2.75) is 204 Å². The van der Waals surface area contributed by atoms with Gasteiger partial charge in [-0.2, -0.15) is 11.8 Å². The summed E-state index contributed by atoms with van der Waals surface area (Å²) in [5.74, 6) is -2.06. The molecule has 0 saturated carbocycles. The Morgan fingerprint density at radius 2 is 1.69 bits per heavy atom. The molecule has 1 amide bonds. The number of likely N-dealkylation sites (N-methyl/N-ethyl adjacent to an activating group) is 2. The van der Waals surface area contributed by atoms with E-state index >= 15 is 0 Å². The summed E-state index contributed by atoms with van der Waals surface area (Å²) in [6.07, 6.45) is -4.68. The van der Waals surface area contributed by atoms with Gasteiger partial charge in [0, 0.05) is 51.2 Å². The van der Waals surface area contributed by atoms with Gasteiger partial charge in [0.15, 0.2) is 12.6 Å². The van der Waals surface area contributed by atoms with Gasteiger partial charge in [-0.3, -0.25) is 9.59 Å². The molecule has 7 N–H and O–H groups in total. The molecule has 3 rings (SSSR count). The smallest absolute Gasteiger partial charge is 0.311 e. The van der Waals surface area contributed by atoms with Gasteiger partial charge in [-0.15, -0.1) is 0 Å². The zero-order valence-electron chi connectivity index (χ0n) is 41.7. The molecule has 3 fully saturated rings. The van der Waals surface area contributed by atoms with E-state index in [9.17, 15) is 30.0 Å². The minimum absolute atomic E-state index is 0.121. The molecule has 0 aliphatic carbocycles. The molecule has 3 aliphatic rings. The number of aliphatic hydroxyl groups is 4. The molecular weight excluding hydrogens is 849 g/mol. The van der Waals surface area contributed by atoms with Gasteiger partial charge in [-0.25, -0.2) is 0 Å². The predicted octanol–water partition coefficient (Wildman–Crippen LogP) is 2.51. The van der Waals surface area contributed by atoms with E-state index in [-0.39, 0.29) is 49.8 Å². The lowest BCUT2D eigenvalue weighted by Crippen LogP contribution is -2.61. The van der Waals surface area contributed by atoms with E-state index in [1.807, 2.05) is 60.0 Å². The van der Waals surface area contributed by atoms with E-state index in [1.165, 1.54) is 14.0 Å². The average Bonchev–Trinajstić information content (AvgIpc) is 3.22. The molecule has 0 bridgehead atoms. The molecule has 18 heteroatoms. The molecule has 0 unspecified atom stereocenters. The van der Waals surface area contributed by atoms with Crippen molar-refractivity contribution in [1.29, 1.82) is 0 Å². The maximum atomic E-state index is 14.5. The third-order valence-corrected chi connectivity index (χ3v) is 14.7. The Labute approximate surface area is 388 Å². The Hall–Kier alpha value is -1.23. The van der Waals surface area contributed by atoms with Crippen LogP contribution in [-0.2, 0) is 42.7 Å². The van der Waals surface area contributed by atoms with Crippen LogP contribution in [0.15, 0.2) is 0 Å². The fourth-order valence-electron chi connectivity index (χ4n) is 9.91. The third kappa shape index (κ3) is 14.6. The first-order valence-electron chi connectivity index (χ1n) is 23.4. The van der Waals surface area contributed by atoms with Gasteiger partial charge in [0.05, 0.1) is 47.6 Å². The van der Waals surface area contributed by atoms with Crippen molar-refractivity contribution in [3.63, 3.8) is 0 Å². The maximum absolute atomic E-state index is 14.5. The second-order valence-corrected chi connectivity index (χ2v) is 21.0. The quantitative estimate of drug-likeness (QED) is 0.0967. The summed E-state index contributed by atoms with van der Waals surface area (Å²) in [4.78, 5) is 31.1. The van der Waals surface area contributed by atoms with Gasteiger partial charge in [0.1, 0.15) is 30.0 Å². The van der Waals surface area contributed by atoms with Gasteiger partial charge in [0.2, 0.25) is 5.91 Å². The first-order valence-corrected chi connectivity index (χ1v) is 24.8. The van der Waals surface area contributed by atoms with E-state index in [1.54, 1.807) is 46.4 Å². The van der Waals surface area contributed by atoms with Gasteiger partial charge in [-0.1, -0.05) is 20.8 Å². The van der Waals surface area contributed by atoms with E-state index < -0.39 is 102 Å². The average molecular weight is 937 g/mol. The zero-order chi connectivity index (χ0) is 48.5. The van der Waals surface area contributed by atoms with Gasteiger partial charge in [-0.05, 0) is 120 Å². The van der Waals surface area contributed by atoms with Crippen molar-refractivity contribution in [3.05, 3.63) is 0 Å². The SMILES string of the molecule is CC[C@H]1OC(=O)[C@H](C)[C@@H](O[C@H]2C[C@@](C)(OC)[C@@H](O)[C@H](C)O2)[C@H](C)[C@@H](O[C@@H]2O[C@H](C)C[C@H](N(C)C)[C@H]2OCCCNC(=O)[C@@H](N)CCSC)[C@](C)(O)C[C@@H](C)CN(C)[C@H](C)[C@@H](O)[C@]1(C)O. The first-order chi connectivity index (χ1) is 29.8. The van der Waals surface area contributed by atoms with Crippen LogP contribution in [0.1, 0.15) is 108 Å². The predicted molar refractivity (Wildman–Crippen MR) is 247 cm³/mol. The van der Waals surface area contributed by atoms with Crippen LogP contribution in [0.4, 0.5) is 0 Å². The third-order valence-electron chi connectivity index (χ3n) is 14.1. The first kappa shape index (κ1) is 57.1. The van der Waals surface area contributed by atoms with Crippen LogP contribution >= 0.6 is 11.8 Å². The summed E-state index contributed by atoms with van der Waals surface area (Å²) in [6.45, 7) is 18.9. The molecule has 3 aliphatic heterocycles. The van der Waals surface area contributed by atoms with E-state index in [0.717, 1.165) is 5.75 Å². The summed E-state index contributed by atoms with van der Waals surface area (Å²) in [7, 11) is 7.31. The molecule has 376 valence electrons. The number of cyclic esters (lactones) is 1. The van der Waals surface area contributed by atoms with Gasteiger partial charge in [0.25, 0.3) is 0 Å². The van der Waals surface area contributed by atoms with Crippen LogP contribution in [-0.4, -0.2) is 198 Å². The van der Waals surface area contributed by atoms with Crippen LogP contribution in [0, 0.1) is 17.8 Å². The number of thioether (sulfide) groups is 1. The van der Waals surface area contributed by atoms with Crippen molar-refractivity contribution in [3.8, 4) is 0 Å². The highest BCUT2D eigenvalue weighted by Gasteiger charge is 2.53. The minimum Gasteiger partial charge on any atom is -0.459 e. The van der Waals surface area contributed by atoms with Crippen molar-refractivity contribution in [2.75, 3.05) is 60.0 Å². The lowest BCUT2D eigenvalue weighted by Gasteiger charge is -2.49. The number of hydrogen-bond acceptors (Lipinski definition) is 17. The van der Waals surface area contributed by atoms with E-state index in [0.29, 0.717) is 32.4 Å². The van der Waals surface area contributed by atoms with Gasteiger partial charge >= 0.3 is 5.97 Å². The second kappa shape index (κ2) is 24.9. The Bertz CT molecular complexity index is 1430. The highest BCUT2D eigenvalue weighted by molar-refractivity contribution is 7.98. The number of rotatable bonds is 16. The Kier molecular flexibility index (Phi) is 22.2. The Morgan fingerprint density at radius 3 is 2.28 bits per heavy atom. The lowest BCUT2D eigenvalue weighted by atomic mass is 9.77. The summed E-state index contributed by atoms with van der Waals surface area (Å²) in [5.41, 5.74) is 1.63. The maximum Gasteiger partial charge on any atom is 0.311 e. The fourth-order valence-corrected chi connectivity index (χ4v) is 10.4. The van der Waals surface area contributed by atoms with E-state index in [4.69, 9.17) is 38.9 Å². The van der Waals surface area contributed by atoms with Crippen LogP contribution < -0.4 is 11.1 Å². The zero-order valence-corrected chi connectivity index (χ0v) is 42.5. The molecule has 19 atom stereocenters. The number of aliphatic hydroxyl groups excluding tert-OH is 2. The molecule has 64 heavy (non-hydrogen) atoms. The Morgan fingerprint density at radius 1 is 1.03 bits per heavy atom. The summed E-state index contributed by atoms with van der Waals surface area (Å²) >= 11 is 1.64. The number of nitrogens with zero attached hydrogens (tertiary/aromatic N) is 2. The number of methoxy groups -OCH3 is 1. The molecule has 3 heterocycles. The molecule has 0 spiro atoms. The lowest BCUT2D eigenvalue weighted by molar-refractivity contribution is -0.321. The summed E-state index contributed by atoms with van der Waals surface area (Å²) in [5, 5.41) is 50.4. The van der Waals surface area contributed by atoms with Gasteiger partial charge < -0.3 is 74.4 Å². The molecule has 0 aromatic carbocycles. The molecular formula is C46H88N4O13S. The number of esters is 1. The standard InChI is InChI=1S/C46H88N4O13S/c1-16-34-46(10,56)38(51)30(6)50(13)25-26(2)23-44(8,55)40(28(4)36(29(5)42(54)61-34)62-35-24-45(9,57-14)39(52)31(7)60-35)63-43-37(33(49(11)12)22-27(3)59-43)58-20-17-19-48-41(53)32(47)18-21-64-15/h26-40,43,51-52,55-56H,16-25,47H2,1-15H3,(H,48,53)/t26-,27-,28+,29-,30-,31+,32+,33+,34-,35+,36+,37-,38-,39+,40-,43+,44-,45-,46-/m1/s1. The number of ether oxygens (including phenoxy) is 7. The number of carbonyl (C=O) groups is 2. The molecule has 17 nitrogen and oxygen atoms in total. The molecule has 0 aromatic rings. The van der Waals surface area contributed by atoms with Crippen LogP contribution in [0.25, 0.3) is 0 Å². The summed E-state index contributed by atoms with van der Waals surface area (Å²) in [6, 6.07) is -1.29. The summed E-state index contributed by atoms with van der Waals surface area (Å²) < 4.78 is 45.3. The second-order valence-electron chi connectivity index (χ2n) is 20.0. The minimum atomic E-state index is -1.82. The van der Waals surface area contributed by atoms with E-state index in [2.05, 4.69) is 10.2 Å². The number of hydrogen-bond donors (Lipinski definition) is 6. The highest BCUT2D eigenvalue weighted by atomic mass is 32.2. The van der Waals surface area contributed by atoms with Crippen LogP contribution in [0.5, 0.6) is 0 Å². The molecule has 3 saturated heterocycles. The van der Waals surface area contributed by atoms with Crippen molar-refractivity contribution >= 4 is 23.6 Å². The number of amides is 1. The fraction of sp³-hybridized carbons (Fsp3) is 0.957. The van der Waals surface area contributed by atoms with Crippen molar-refractivity contribution < 1.29 is 63.2 Å². The number of carbonyl (C=O) groups excluding carboxylic acids is 2. The number of nitrogens with one attached hydrogen (secondary N) is 1. The van der Waals surface area contributed by atoms with Crippen molar-refractivity contribution in [1.82, 2.24) is 15.1 Å². The van der Waals surface area contributed by atoms with Crippen LogP contribution in [0.2, 0.25) is 0 Å². The highest BCUT2D eigenvalue weighted by Crippen LogP contribution is 2.40.